The lowest BCUT2D eigenvalue weighted by atomic mass is 10.2. The molecule has 2 aromatic rings. The second-order valence-electron chi connectivity index (χ2n) is 4.52. The van der Waals surface area contributed by atoms with E-state index in [9.17, 15) is 9.18 Å². The van der Waals surface area contributed by atoms with Gasteiger partial charge in [-0.15, -0.1) is 0 Å². The average Bonchev–Trinajstić information content (AvgIpc) is 2.44. The van der Waals surface area contributed by atoms with Crippen LogP contribution in [0, 0.1) is 12.7 Å². The highest BCUT2D eigenvalue weighted by Gasteiger charge is 2.15. The maximum atomic E-state index is 13.8. The van der Waals surface area contributed by atoms with Gasteiger partial charge in [-0.2, -0.15) is 0 Å². The predicted octanol–water partition coefficient (Wildman–Crippen LogP) is 3.98. The maximum absolute atomic E-state index is 13.8. The van der Waals surface area contributed by atoms with E-state index < -0.39 is 11.7 Å². The second kappa shape index (κ2) is 6.67. The van der Waals surface area contributed by atoms with Crippen LogP contribution < -0.4 is 10.6 Å². The summed E-state index contributed by atoms with van der Waals surface area (Å²) in [4.78, 5) is 16.5. The van der Waals surface area contributed by atoms with Gasteiger partial charge in [0.15, 0.2) is 0 Å². The molecule has 2 rings (SSSR count). The van der Waals surface area contributed by atoms with E-state index in [0.29, 0.717) is 22.4 Å². The van der Waals surface area contributed by atoms with Crippen molar-refractivity contribution in [3.63, 3.8) is 0 Å². The molecule has 0 fully saturated rings. The molecule has 0 radical (unpaired) electrons. The summed E-state index contributed by atoms with van der Waals surface area (Å²) in [6.45, 7) is 4.33. The first-order chi connectivity index (χ1) is 10.0. The highest BCUT2D eigenvalue weighted by molar-refractivity contribution is 9.10. The Morgan fingerprint density at radius 2 is 2.14 bits per heavy atom. The summed E-state index contributed by atoms with van der Waals surface area (Å²) in [5.74, 6) is -0.412. The van der Waals surface area contributed by atoms with E-state index in [1.807, 2.05) is 6.92 Å². The minimum Gasteiger partial charge on any atom is -0.370 e. The molecule has 1 amide bonds. The molecule has 21 heavy (non-hydrogen) atoms. The molecule has 0 aliphatic carbocycles. The number of pyridine rings is 1. The van der Waals surface area contributed by atoms with Crippen molar-refractivity contribution >= 4 is 33.3 Å². The van der Waals surface area contributed by atoms with Gasteiger partial charge < -0.3 is 10.6 Å². The number of rotatable bonds is 4. The highest BCUT2D eigenvalue weighted by Crippen LogP contribution is 2.21. The molecule has 110 valence electrons. The summed E-state index contributed by atoms with van der Waals surface area (Å²) in [5, 5.41) is 5.57. The number of nitrogens with zero attached hydrogens (tertiary/aromatic N) is 1. The molecule has 1 heterocycles. The molecule has 1 aromatic carbocycles. The van der Waals surface area contributed by atoms with E-state index >= 15 is 0 Å². The Morgan fingerprint density at radius 1 is 1.38 bits per heavy atom. The van der Waals surface area contributed by atoms with Crippen LogP contribution in [0.25, 0.3) is 0 Å². The van der Waals surface area contributed by atoms with Gasteiger partial charge >= 0.3 is 0 Å². The highest BCUT2D eigenvalue weighted by atomic mass is 79.9. The summed E-state index contributed by atoms with van der Waals surface area (Å²) in [6, 6.07) is 6.30. The predicted molar refractivity (Wildman–Crippen MR) is 85.2 cm³/mol. The Kier molecular flexibility index (Phi) is 4.90. The number of aryl methyl sites for hydroxylation is 1. The lowest BCUT2D eigenvalue weighted by Crippen LogP contribution is -2.16. The van der Waals surface area contributed by atoms with Gasteiger partial charge in [-0.25, -0.2) is 9.37 Å². The number of hydrogen-bond donors (Lipinski definition) is 2. The first-order valence-electron chi connectivity index (χ1n) is 6.48. The van der Waals surface area contributed by atoms with E-state index in [-0.39, 0.29) is 5.69 Å². The fourth-order valence-electron chi connectivity index (χ4n) is 1.83. The van der Waals surface area contributed by atoms with Crippen LogP contribution >= 0.6 is 15.9 Å². The molecule has 0 aliphatic rings. The molecular weight excluding hydrogens is 337 g/mol. The molecule has 6 heteroatoms. The summed E-state index contributed by atoms with van der Waals surface area (Å²) < 4.78 is 14.5. The minimum absolute atomic E-state index is 0.146. The molecule has 0 saturated carbocycles. The third-order valence-electron chi connectivity index (χ3n) is 2.82. The van der Waals surface area contributed by atoms with Crippen molar-refractivity contribution in [1.29, 1.82) is 0 Å². The number of carbonyl (C=O) groups excluding carboxylic acids is 1. The lowest BCUT2D eigenvalue weighted by Gasteiger charge is -2.11. The number of carbonyl (C=O) groups is 1. The number of amides is 1. The van der Waals surface area contributed by atoms with Crippen molar-refractivity contribution in [2.24, 2.45) is 0 Å². The molecule has 0 saturated heterocycles. The van der Waals surface area contributed by atoms with Crippen LogP contribution in [-0.2, 0) is 0 Å². The molecule has 0 unspecified atom stereocenters. The van der Waals surface area contributed by atoms with Gasteiger partial charge in [0.1, 0.15) is 11.6 Å². The number of nitrogens with one attached hydrogen (secondary N) is 2. The SMILES string of the molecule is CCNc1ncc(Br)cc1C(=O)Nc1ccc(C)cc1F. The van der Waals surface area contributed by atoms with Gasteiger partial charge in [-0.3, -0.25) is 4.79 Å². The third-order valence-corrected chi connectivity index (χ3v) is 3.25. The van der Waals surface area contributed by atoms with Gasteiger partial charge in [0.2, 0.25) is 0 Å². The van der Waals surface area contributed by atoms with Crippen LogP contribution in [0.2, 0.25) is 0 Å². The molecule has 4 nitrogen and oxygen atoms in total. The van der Waals surface area contributed by atoms with Crippen molar-refractivity contribution in [1.82, 2.24) is 4.98 Å². The molecule has 0 aliphatic heterocycles. The Balaban J connectivity index is 2.29. The zero-order chi connectivity index (χ0) is 15.4. The Labute approximate surface area is 130 Å². The van der Waals surface area contributed by atoms with Gasteiger partial charge in [-0.05, 0) is 53.5 Å². The Hall–Kier alpha value is -1.95. The molecular formula is C15H15BrFN3O. The van der Waals surface area contributed by atoms with Crippen molar-refractivity contribution in [2.75, 3.05) is 17.2 Å². The summed E-state index contributed by atoms with van der Waals surface area (Å²) >= 11 is 3.28. The number of anilines is 2. The molecule has 1 aromatic heterocycles. The van der Waals surface area contributed by atoms with Crippen LogP contribution in [0.4, 0.5) is 15.9 Å². The standard InChI is InChI=1S/C15H15BrFN3O/c1-3-18-14-11(7-10(16)8-19-14)15(21)20-13-5-4-9(2)6-12(13)17/h4-8H,3H2,1-2H3,(H,18,19)(H,20,21). The fourth-order valence-corrected chi connectivity index (χ4v) is 2.16. The van der Waals surface area contributed by atoms with E-state index in [2.05, 4.69) is 31.5 Å². The lowest BCUT2D eigenvalue weighted by molar-refractivity contribution is 0.102. The Morgan fingerprint density at radius 3 is 2.81 bits per heavy atom. The smallest absolute Gasteiger partial charge is 0.259 e. The summed E-state index contributed by atoms with van der Waals surface area (Å²) in [5.41, 5.74) is 1.29. The zero-order valence-corrected chi connectivity index (χ0v) is 13.3. The van der Waals surface area contributed by atoms with Crippen molar-refractivity contribution in [2.45, 2.75) is 13.8 Å². The average molecular weight is 352 g/mol. The fraction of sp³-hybridized carbons (Fsp3) is 0.200. The first-order valence-corrected chi connectivity index (χ1v) is 7.27. The first kappa shape index (κ1) is 15.4. The number of benzene rings is 1. The third kappa shape index (κ3) is 3.78. The van der Waals surface area contributed by atoms with E-state index in [4.69, 9.17) is 0 Å². The van der Waals surface area contributed by atoms with Crippen molar-refractivity contribution in [3.8, 4) is 0 Å². The van der Waals surface area contributed by atoms with Crippen molar-refractivity contribution in [3.05, 3.63) is 51.9 Å². The van der Waals surface area contributed by atoms with Gasteiger partial charge in [0, 0.05) is 17.2 Å². The van der Waals surface area contributed by atoms with E-state index in [1.165, 1.54) is 6.07 Å². The van der Waals surface area contributed by atoms with Crippen LogP contribution in [-0.4, -0.2) is 17.4 Å². The quantitative estimate of drug-likeness (QED) is 0.875. The minimum atomic E-state index is -0.462. The maximum Gasteiger partial charge on any atom is 0.259 e. The molecule has 0 bridgehead atoms. The largest absolute Gasteiger partial charge is 0.370 e. The second-order valence-corrected chi connectivity index (χ2v) is 5.43. The zero-order valence-electron chi connectivity index (χ0n) is 11.7. The van der Waals surface area contributed by atoms with E-state index in [1.54, 1.807) is 31.3 Å². The normalized spacial score (nSPS) is 10.3. The van der Waals surface area contributed by atoms with Gasteiger partial charge in [0.05, 0.1) is 11.3 Å². The summed E-state index contributed by atoms with van der Waals surface area (Å²) in [6.07, 6.45) is 1.60. The van der Waals surface area contributed by atoms with Crippen LogP contribution in [0.1, 0.15) is 22.8 Å². The number of hydrogen-bond acceptors (Lipinski definition) is 3. The van der Waals surface area contributed by atoms with E-state index in [0.717, 1.165) is 5.56 Å². The topological polar surface area (TPSA) is 54.0 Å². The van der Waals surface area contributed by atoms with Crippen LogP contribution in [0.5, 0.6) is 0 Å². The van der Waals surface area contributed by atoms with Crippen LogP contribution in [0.3, 0.4) is 0 Å². The number of aromatic nitrogens is 1. The van der Waals surface area contributed by atoms with Crippen LogP contribution in [0.15, 0.2) is 34.9 Å². The molecule has 0 atom stereocenters. The number of halogens is 2. The summed E-state index contributed by atoms with van der Waals surface area (Å²) in [7, 11) is 0. The molecule has 2 N–H and O–H groups in total. The molecule has 0 spiro atoms. The van der Waals surface area contributed by atoms with Gasteiger partial charge in [0.25, 0.3) is 5.91 Å². The monoisotopic (exact) mass is 351 g/mol. The van der Waals surface area contributed by atoms with Gasteiger partial charge in [-0.1, -0.05) is 6.07 Å². The van der Waals surface area contributed by atoms with Crippen molar-refractivity contribution < 1.29 is 9.18 Å². The Bertz CT molecular complexity index is 676.